The van der Waals surface area contributed by atoms with Crippen molar-refractivity contribution in [3.05, 3.63) is 71.0 Å². The molecule has 2 aromatic carbocycles. The Balaban J connectivity index is 1.67. The number of morpholine rings is 1. The van der Waals surface area contributed by atoms with Crippen LogP contribution in [0, 0.1) is 5.82 Å². The first-order chi connectivity index (χ1) is 16.5. The minimum Gasteiger partial charge on any atom is -0.507 e. The van der Waals surface area contributed by atoms with E-state index < -0.39 is 23.5 Å². The number of aliphatic hydroxyl groups is 1. The molecule has 0 radical (unpaired) electrons. The van der Waals surface area contributed by atoms with Crippen LogP contribution in [0.3, 0.4) is 0 Å². The quantitative estimate of drug-likeness (QED) is 0.364. The van der Waals surface area contributed by atoms with Crippen LogP contribution in [0.15, 0.2) is 54.1 Å². The summed E-state index contributed by atoms with van der Waals surface area (Å²) in [5.74, 6) is -1.45. The summed E-state index contributed by atoms with van der Waals surface area (Å²) in [7, 11) is 0. The Labute approximate surface area is 198 Å². The van der Waals surface area contributed by atoms with Crippen molar-refractivity contribution < 1.29 is 28.6 Å². The summed E-state index contributed by atoms with van der Waals surface area (Å²) in [6.07, 6.45) is 0.868. The Morgan fingerprint density at radius 1 is 1.06 bits per heavy atom. The smallest absolute Gasteiger partial charge is 0.295 e. The highest BCUT2D eigenvalue weighted by Crippen LogP contribution is 2.39. The lowest BCUT2D eigenvalue weighted by atomic mass is 9.95. The lowest BCUT2D eigenvalue weighted by molar-refractivity contribution is -0.140. The Hall–Kier alpha value is -3.23. The highest BCUT2D eigenvalue weighted by Gasteiger charge is 2.46. The van der Waals surface area contributed by atoms with Gasteiger partial charge in [0.05, 0.1) is 31.4 Å². The second-order valence-corrected chi connectivity index (χ2v) is 8.37. The van der Waals surface area contributed by atoms with E-state index >= 15 is 0 Å². The molecule has 2 saturated heterocycles. The standard InChI is InChI=1S/C26H29FN2O5/c1-2-15-34-21-9-5-19(6-10-21)24(30)22-23(18-3-7-20(27)8-4-18)29(26(32)25(22)31)12-11-28-13-16-33-17-14-28/h3-10,23,30H,2,11-17H2,1H3/t23-/m1/s1. The van der Waals surface area contributed by atoms with Crippen LogP contribution in [0.1, 0.15) is 30.5 Å². The molecule has 0 unspecified atom stereocenters. The van der Waals surface area contributed by atoms with Crippen molar-refractivity contribution in [3.63, 3.8) is 0 Å². The number of carbonyl (C=O) groups excluding carboxylic acids is 2. The fourth-order valence-electron chi connectivity index (χ4n) is 4.26. The van der Waals surface area contributed by atoms with Gasteiger partial charge in [0.15, 0.2) is 0 Å². The van der Waals surface area contributed by atoms with Gasteiger partial charge in [-0.25, -0.2) is 4.39 Å². The molecule has 0 bridgehead atoms. The number of nitrogens with zero attached hydrogens (tertiary/aromatic N) is 2. The second kappa shape index (κ2) is 10.8. The van der Waals surface area contributed by atoms with Crippen LogP contribution in [0.25, 0.3) is 5.76 Å². The molecule has 1 amide bonds. The van der Waals surface area contributed by atoms with E-state index in [1.165, 1.54) is 17.0 Å². The maximum absolute atomic E-state index is 13.6. The van der Waals surface area contributed by atoms with Gasteiger partial charge < -0.3 is 19.5 Å². The number of halogens is 1. The van der Waals surface area contributed by atoms with Gasteiger partial charge in [0.25, 0.3) is 11.7 Å². The first-order valence-corrected chi connectivity index (χ1v) is 11.6. The molecule has 0 aliphatic carbocycles. The molecular weight excluding hydrogens is 439 g/mol. The molecule has 2 aromatic rings. The van der Waals surface area contributed by atoms with Crippen molar-refractivity contribution in [1.29, 1.82) is 0 Å². The van der Waals surface area contributed by atoms with Gasteiger partial charge in [-0.1, -0.05) is 19.1 Å². The summed E-state index contributed by atoms with van der Waals surface area (Å²) in [5, 5.41) is 11.1. The van der Waals surface area contributed by atoms with Gasteiger partial charge in [0.1, 0.15) is 17.3 Å². The molecule has 4 rings (SSSR count). The number of aliphatic hydroxyl groups excluding tert-OH is 1. The highest BCUT2D eigenvalue weighted by molar-refractivity contribution is 6.46. The topological polar surface area (TPSA) is 79.3 Å². The molecule has 2 aliphatic heterocycles. The van der Waals surface area contributed by atoms with Crippen LogP contribution in [-0.2, 0) is 14.3 Å². The number of hydrogen-bond acceptors (Lipinski definition) is 6. The Bertz CT molecular complexity index is 1050. The van der Waals surface area contributed by atoms with Gasteiger partial charge in [0, 0.05) is 31.7 Å². The van der Waals surface area contributed by atoms with Crippen LogP contribution < -0.4 is 4.74 Å². The predicted octanol–water partition coefficient (Wildman–Crippen LogP) is 3.37. The average Bonchev–Trinajstić information content (AvgIpc) is 3.12. The number of ketones is 1. The number of amides is 1. The first-order valence-electron chi connectivity index (χ1n) is 11.6. The Morgan fingerprint density at radius 2 is 1.74 bits per heavy atom. The van der Waals surface area contributed by atoms with E-state index in [0.29, 0.717) is 49.8 Å². The number of benzene rings is 2. The lowest BCUT2D eigenvalue weighted by Gasteiger charge is -2.31. The molecule has 2 heterocycles. The van der Waals surface area contributed by atoms with E-state index in [9.17, 15) is 19.1 Å². The van der Waals surface area contributed by atoms with Crippen molar-refractivity contribution in [2.75, 3.05) is 46.0 Å². The molecule has 0 saturated carbocycles. The zero-order valence-corrected chi connectivity index (χ0v) is 19.2. The minimum absolute atomic E-state index is 0.000752. The lowest BCUT2D eigenvalue weighted by Crippen LogP contribution is -2.42. The van der Waals surface area contributed by atoms with Crippen molar-refractivity contribution in [2.24, 2.45) is 0 Å². The van der Waals surface area contributed by atoms with E-state index in [0.717, 1.165) is 19.5 Å². The summed E-state index contributed by atoms with van der Waals surface area (Å²) in [6, 6.07) is 11.6. The zero-order valence-electron chi connectivity index (χ0n) is 19.2. The maximum Gasteiger partial charge on any atom is 0.295 e. The first kappa shape index (κ1) is 23.9. The van der Waals surface area contributed by atoms with E-state index in [-0.39, 0.29) is 11.3 Å². The van der Waals surface area contributed by atoms with Gasteiger partial charge in [-0.3, -0.25) is 14.5 Å². The summed E-state index contributed by atoms with van der Waals surface area (Å²) in [5.41, 5.74) is 0.968. The summed E-state index contributed by atoms with van der Waals surface area (Å²) < 4.78 is 24.6. The van der Waals surface area contributed by atoms with Crippen LogP contribution in [-0.4, -0.2) is 72.6 Å². The summed E-state index contributed by atoms with van der Waals surface area (Å²) in [4.78, 5) is 29.8. The SMILES string of the molecule is CCCOc1ccc(C(O)=C2C(=O)C(=O)N(CCN3CCOCC3)[C@@H]2c2ccc(F)cc2)cc1. The Morgan fingerprint density at radius 3 is 2.38 bits per heavy atom. The third-order valence-electron chi connectivity index (χ3n) is 6.09. The van der Waals surface area contributed by atoms with Crippen molar-refractivity contribution in [3.8, 4) is 5.75 Å². The molecule has 1 N–H and O–H groups in total. The fraction of sp³-hybridized carbons (Fsp3) is 0.385. The van der Waals surface area contributed by atoms with Crippen LogP contribution in [0.4, 0.5) is 4.39 Å². The molecule has 0 spiro atoms. The second-order valence-electron chi connectivity index (χ2n) is 8.37. The highest BCUT2D eigenvalue weighted by atomic mass is 19.1. The van der Waals surface area contributed by atoms with Gasteiger partial charge in [0.2, 0.25) is 0 Å². The Kier molecular flexibility index (Phi) is 7.59. The average molecular weight is 469 g/mol. The van der Waals surface area contributed by atoms with Crippen molar-refractivity contribution >= 4 is 17.4 Å². The van der Waals surface area contributed by atoms with Gasteiger partial charge in [-0.15, -0.1) is 0 Å². The number of hydrogen-bond donors (Lipinski definition) is 1. The molecule has 8 heteroatoms. The van der Waals surface area contributed by atoms with Gasteiger partial charge >= 0.3 is 0 Å². The van der Waals surface area contributed by atoms with E-state index in [1.54, 1.807) is 36.4 Å². The predicted molar refractivity (Wildman–Crippen MR) is 125 cm³/mol. The number of likely N-dealkylation sites (tertiary alicyclic amines) is 1. The van der Waals surface area contributed by atoms with Crippen molar-refractivity contribution in [1.82, 2.24) is 9.80 Å². The molecule has 2 fully saturated rings. The molecule has 7 nitrogen and oxygen atoms in total. The number of Topliss-reactive ketones (excluding diaryl/α,β-unsaturated/α-hetero) is 1. The molecule has 0 aromatic heterocycles. The third kappa shape index (κ3) is 5.13. The third-order valence-corrected chi connectivity index (χ3v) is 6.09. The monoisotopic (exact) mass is 468 g/mol. The molecule has 34 heavy (non-hydrogen) atoms. The summed E-state index contributed by atoms with van der Waals surface area (Å²) in [6.45, 7) is 6.19. The number of rotatable bonds is 8. The molecule has 2 aliphatic rings. The fourth-order valence-corrected chi connectivity index (χ4v) is 4.26. The van der Waals surface area contributed by atoms with E-state index in [4.69, 9.17) is 9.47 Å². The maximum atomic E-state index is 13.6. The van der Waals surface area contributed by atoms with E-state index in [2.05, 4.69) is 4.90 Å². The number of ether oxygens (including phenoxy) is 2. The normalized spacial score (nSPS) is 20.6. The van der Waals surface area contributed by atoms with Crippen LogP contribution in [0.5, 0.6) is 5.75 Å². The largest absolute Gasteiger partial charge is 0.507 e. The molecule has 1 atom stereocenters. The molecular formula is C26H29FN2O5. The van der Waals surface area contributed by atoms with Crippen LogP contribution >= 0.6 is 0 Å². The van der Waals surface area contributed by atoms with Gasteiger partial charge in [-0.05, 0) is 48.4 Å². The zero-order chi connectivity index (χ0) is 24.1. The van der Waals surface area contributed by atoms with E-state index in [1.807, 2.05) is 6.92 Å². The molecule has 180 valence electrons. The van der Waals surface area contributed by atoms with Gasteiger partial charge in [-0.2, -0.15) is 0 Å². The van der Waals surface area contributed by atoms with Crippen molar-refractivity contribution in [2.45, 2.75) is 19.4 Å². The summed E-state index contributed by atoms with van der Waals surface area (Å²) >= 11 is 0. The minimum atomic E-state index is -0.808. The number of carbonyl (C=O) groups is 2. The van der Waals surface area contributed by atoms with Crippen LogP contribution in [0.2, 0.25) is 0 Å².